The summed E-state index contributed by atoms with van der Waals surface area (Å²) in [6.45, 7) is 1.11. The van der Waals surface area contributed by atoms with Crippen molar-refractivity contribution in [3.63, 3.8) is 0 Å². The van der Waals surface area contributed by atoms with Gasteiger partial charge < -0.3 is 4.74 Å². The van der Waals surface area contributed by atoms with E-state index in [0.29, 0.717) is 13.2 Å². The Bertz CT molecular complexity index is 700. The molecule has 20 heavy (non-hydrogen) atoms. The fourth-order valence-corrected chi connectivity index (χ4v) is 2.66. The summed E-state index contributed by atoms with van der Waals surface area (Å²) >= 11 is 11.7. The fourth-order valence-electron chi connectivity index (χ4n) is 2.39. The Kier molecular flexibility index (Phi) is 3.68. The van der Waals surface area contributed by atoms with Crippen LogP contribution in [0.25, 0.3) is 0 Å². The summed E-state index contributed by atoms with van der Waals surface area (Å²) in [4.78, 5) is 12.0. The minimum absolute atomic E-state index is 0.0158. The number of benzene rings is 1. The number of para-hydroxylation sites is 1. The average molecular weight is 311 g/mol. The van der Waals surface area contributed by atoms with Gasteiger partial charge in [-0.05, 0) is 18.1 Å². The van der Waals surface area contributed by atoms with E-state index in [9.17, 15) is 4.79 Å². The number of nitrogens with zero attached hydrogens (tertiary/aromatic N) is 2. The summed E-state index contributed by atoms with van der Waals surface area (Å²) in [6, 6.07) is 7.85. The third kappa shape index (κ3) is 2.41. The van der Waals surface area contributed by atoms with Gasteiger partial charge in [0.2, 0.25) is 0 Å². The smallest absolute Gasteiger partial charge is 0.287 e. The van der Waals surface area contributed by atoms with E-state index in [4.69, 9.17) is 27.9 Å². The Morgan fingerprint density at radius 3 is 3.00 bits per heavy atom. The predicted molar refractivity (Wildman–Crippen MR) is 77.8 cm³/mol. The number of rotatable bonds is 2. The van der Waals surface area contributed by atoms with Crippen LogP contribution >= 0.6 is 23.2 Å². The van der Waals surface area contributed by atoms with Gasteiger partial charge in [0.15, 0.2) is 0 Å². The Labute approximate surface area is 125 Å². The first-order valence-electron chi connectivity index (χ1n) is 6.29. The molecule has 0 N–H and O–H groups in total. The Morgan fingerprint density at radius 2 is 2.15 bits per heavy atom. The summed E-state index contributed by atoms with van der Waals surface area (Å²) in [5.74, 6) is 1.05. The molecule has 0 amide bonds. The van der Waals surface area contributed by atoms with Gasteiger partial charge in [-0.3, -0.25) is 4.79 Å². The highest BCUT2D eigenvalue weighted by Crippen LogP contribution is 2.34. The van der Waals surface area contributed by atoms with E-state index in [1.165, 1.54) is 10.9 Å². The lowest BCUT2D eigenvalue weighted by Gasteiger charge is -2.25. The van der Waals surface area contributed by atoms with Crippen molar-refractivity contribution in [3.05, 3.63) is 56.4 Å². The van der Waals surface area contributed by atoms with Gasteiger partial charge in [0.05, 0.1) is 24.4 Å². The molecular weight excluding hydrogens is 299 g/mol. The van der Waals surface area contributed by atoms with Crippen LogP contribution in [-0.4, -0.2) is 16.4 Å². The van der Waals surface area contributed by atoms with E-state index in [2.05, 4.69) is 5.10 Å². The first-order chi connectivity index (χ1) is 9.66. The molecule has 0 saturated carbocycles. The summed E-state index contributed by atoms with van der Waals surface area (Å²) in [7, 11) is 0. The third-order valence-electron chi connectivity index (χ3n) is 3.42. The van der Waals surface area contributed by atoms with E-state index in [1.807, 2.05) is 24.3 Å². The van der Waals surface area contributed by atoms with Crippen LogP contribution in [0.15, 0.2) is 35.3 Å². The van der Waals surface area contributed by atoms with Gasteiger partial charge in [0, 0.05) is 5.92 Å². The lowest BCUT2D eigenvalue weighted by Crippen LogP contribution is -2.28. The van der Waals surface area contributed by atoms with Crippen LogP contribution in [0.5, 0.6) is 5.75 Å². The Hall–Kier alpha value is -1.52. The van der Waals surface area contributed by atoms with Crippen molar-refractivity contribution < 1.29 is 4.74 Å². The number of hydrogen-bond acceptors (Lipinski definition) is 3. The molecule has 0 fully saturated rings. The predicted octanol–water partition coefficient (Wildman–Crippen LogP) is 3.12. The highest BCUT2D eigenvalue weighted by atomic mass is 35.5. The van der Waals surface area contributed by atoms with Crippen LogP contribution in [0.2, 0.25) is 10.0 Å². The first-order valence-corrected chi connectivity index (χ1v) is 7.05. The van der Waals surface area contributed by atoms with Crippen LogP contribution in [0, 0.1) is 0 Å². The molecule has 6 heteroatoms. The number of aromatic nitrogens is 2. The van der Waals surface area contributed by atoms with Gasteiger partial charge in [-0.15, -0.1) is 0 Å². The van der Waals surface area contributed by atoms with Crippen LogP contribution in [0.3, 0.4) is 0 Å². The molecule has 1 atom stereocenters. The second-order valence-corrected chi connectivity index (χ2v) is 5.45. The quantitative estimate of drug-likeness (QED) is 0.856. The fraction of sp³-hybridized carbons (Fsp3) is 0.286. The molecule has 1 aromatic heterocycles. The number of hydrogen-bond donors (Lipinski definition) is 0. The largest absolute Gasteiger partial charge is 0.493 e. The lowest BCUT2D eigenvalue weighted by atomic mass is 9.93. The van der Waals surface area contributed by atoms with Crippen molar-refractivity contribution >= 4 is 23.2 Å². The number of halogens is 2. The zero-order valence-corrected chi connectivity index (χ0v) is 12.1. The molecule has 1 aliphatic rings. The molecule has 4 nitrogen and oxygen atoms in total. The topological polar surface area (TPSA) is 44.1 Å². The van der Waals surface area contributed by atoms with Crippen molar-refractivity contribution in [3.8, 4) is 5.75 Å². The van der Waals surface area contributed by atoms with Crippen molar-refractivity contribution in [2.45, 2.75) is 18.9 Å². The van der Waals surface area contributed by atoms with Crippen LogP contribution in [0.1, 0.15) is 17.9 Å². The molecule has 0 spiro atoms. The zero-order chi connectivity index (χ0) is 14.1. The Morgan fingerprint density at radius 1 is 1.35 bits per heavy atom. The monoisotopic (exact) mass is 310 g/mol. The average Bonchev–Trinajstić information content (AvgIpc) is 2.48. The maximum atomic E-state index is 12.0. The molecule has 3 rings (SSSR count). The summed E-state index contributed by atoms with van der Waals surface area (Å²) in [5.41, 5.74) is 0.738. The zero-order valence-electron chi connectivity index (χ0n) is 10.6. The van der Waals surface area contributed by atoms with Crippen molar-refractivity contribution in [2.24, 2.45) is 0 Å². The summed E-state index contributed by atoms with van der Waals surface area (Å²) < 4.78 is 6.97. The lowest BCUT2D eigenvalue weighted by molar-refractivity contribution is 0.255. The maximum absolute atomic E-state index is 12.0. The molecule has 0 aliphatic carbocycles. The standard InChI is InChI=1S/C14H12Cl2N2O2/c15-11-7-17-18(14(19)13(11)16)8-9-5-6-20-12-4-2-1-3-10(9)12/h1-4,7,9H,5-6,8H2. The van der Waals surface area contributed by atoms with E-state index >= 15 is 0 Å². The summed E-state index contributed by atoms with van der Waals surface area (Å²) in [5, 5.41) is 4.25. The molecule has 1 unspecified atom stereocenters. The molecule has 0 bridgehead atoms. The van der Waals surface area contributed by atoms with Gasteiger partial charge >= 0.3 is 0 Å². The van der Waals surface area contributed by atoms with E-state index in [1.54, 1.807) is 0 Å². The molecule has 2 heterocycles. The normalized spacial score (nSPS) is 17.4. The second-order valence-electron chi connectivity index (χ2n) is 4.67. The maximum Gasteiger partial charge on any atom is 0.287 e. The highest BCUT2D eigenvalue weighted by Gasteiger charge is 2.22. The van der Waals surface area contributed by atoms with Crippen LogP contribution in [-0.2, 0) is 6.54 Å². The van der Waals surface area contributed by atoms with E-state index in [0.717, 1.165) is 17.7 Å². The number of ether oxygens (including phenoxy) is 1. The van der Waals surface area contributed by atoms with Crippen LogP contribution in [0.4, 0.5) is 0 Å². The molecule has 1 aliphatic heterocycles. The molecule has 2 aromatic rings. The van der Waals surface area contributed by atoms with Crippen molar-refractivity contribution in [1.82, 2.24) is 9.78 Å². The molecule has 104 valence electrons. The SMILES string of the molecule is O=c1c(Cl)c(Cl)cnn1CC1CCOc2ccccc21. The Balaban J connectivity index is 1.94. The van der Waals surface area contributed by atoms with Crippen molar-refractivity contribution in [1.29, 1.82) is 0 Å². The summed E-state index contributed by atoms with van der Waals surface area (Å²) in [6.07, 6.45) is 2.24. The van der Waals surface area contributed by atoms with Crippen molar-refractivity contribution in [2.75, 3.05) is 6.61 Å². The van der Waals surface area contributed by atoms with E-state index in [-0.39, 0.29) is 21.5 Å². The first kappa shape index (κ1) is 13.5. The molecule has 1 aromatic carbocycles. The molecule has 0 radical (unpaired) electrons. The third-order valence-corrected chi connectivity index (χ3v) is 4.17. The second kappa shape index (κ2) is 5.46. The van der Waals surface area contributed by atoms with Crippen LogP contribution < -0.4 is 10.3 Å². The van der Waals surface area contributed by atoms with Gasteiger partial charge in [-0.25, -0.2) is 4.68 Å². The van der Waals surface area contributed by atoms with Gasteiger partial charge in [-0.2, -0.15) is 5.10 Å². The van der Waals surface area contributed by atoms with Gasteiger partial charge in [-0.1, -0.05) is 41.4 Å². The van der Waals surface area contributed by atoms with Gasteiger partial charge in [0.1, 0.15) is 10.8 Å². The number of fused-ring (bicyclic) bond motifs is 1. The van der Waals surface area contributed by atoms with E-state index < -0.39 is 0 Å². The highest BCUT2D eigenvalue weighted by molar-refractivity contribution is 6.41. The molecular formula is C14H12Cl2N2O2. The minimum Gasteiger partial charge on any atom is -0.493 e. The molecule has 0 saturated heterocycles. The minimum atomic E-state index is -0.358. The van der Waals surface area contributed by atoms with Gasteiger partial charge in [0.25, 0.3) is 5.56 Å².